The number of halogens is 4. The number of alkyl halides is 3. The molecule has 114 valence electrons. The lowest BCUT2D eigenvalue weighted by atomic mass is 10.1. The van der Waals surface area contributed by atoms with Crippen LogP contribution >= 0.6 is 0 Å². The highest BCUT2D eigenvalue weighted by Crippen LogP contribution is 2.38. The van der Waals surface area contributed by atoms with Crippen LogP contribution in [0.5, 0.6) is 0 Å². The van der Waals surface area contributed by atoms with Crippen molar-refractivity contribution in [1.82, 2.24) is 19.6 Å². The summed E-state index contributed by atoms with van der Waals surface area (Å²) >= 11 is 0. The molecule has 11 heteroatoms. The van der Waals surface area contributed by atoms with Gasteiger partial charge in [-0.3, -0.25) is 0 Å². The van der Waals surface area contributed by atoms with Gasteiger partial charge >= 0.3 is 6.08 Å². The van der Waals surface area contributed by atoms with Gasteiger partial charge in [-0.2, -0.15) is 9.37 Å². The first kappa shape index (κ1) is 13.9. The van der Waals surface area contributed by atoms with E-state index in [1.54, 1.807) is 0 Å². The van der Waals surface area contributed by atoms with Crippen molar-refractivity contribution in [3.05, 3.63) is 18.0 Å². The molecule has 7 nitrogen and oxygen atoms in total. The van der Waals surface area contributed by atoms with Gasteiger partial charge in [0.15, 0.2) is 17.6 Å². The van der Waals surface area contributed by atoms with Crippen molar-refractivity contribution < 1.29 is 27.4 Å². The minimum Gasteiger partial charge on any atom is -0.387 e. The minimum absolute atomic E-state index is 0.0720. The van der Waals surface area contributed by atoms with E-state index in [0.29, 0.717) is 0 Å². The predicted octanol–water partition coefficient (Wildman–Crippen LogP) is 0.250. The van der Waals surface area contributed by atoms with Crippen LogP contribution in [0.3, 0.4) is 0 Å². The van der Waals surface area contributed by atoms with Crippen LogP contribution in [0.2, 0.25) is 0 Å². The summed E-state index contributed by atoms with van der Waals surface area (Å²) in [6.07, 6.45) is -10.9. The summed E-state index contributed by atoms with van der Waals surface area (Å²) in [4.78, 5) is 7.00. The number of nitrogens with two attached hydrogens (primary N) is 1. The number of aliphatic hydroxyl groups excluding tert-OH is 1. The molecule has 0 radical (unpaired) electrons. The molecule has 1 saturated heterocycles. The van der Waals surface area contributed by atoms with Gasteiger partial charge in [0.1, 0.15) is 18.3 Å². The first-order chi connectivity index (χ1) is 9.90. The molecule has 3 heterocycles. The van der Waals surface area contributed by atoms with Crippen LogP contribution in [0.4, 0.5) is 23.4 Å². The predicted molar refractivity (Wildman–Crippen MR) is 59.7 cm³/mol. The minimum atomic E-state index is -3.07. The second-order valence-electron chi connectivity index (χ2n) is 4.48. The molecule has 2 aromatic heterocycles. The number of anilines is 1. The molecule has 3 rings (SSSR count). The summed E-state index contributed by atoms with van der Waals surface area (Å²) in [5.41, 5.74) is 5.21. The van der Waals surface area contributed by atoms with Gasteiger partial charge in [0.2, 0.25) is 0 Å². The maximum Gasteiger partial charge on any atom is 0.328 e. The van der Waals surface area contributed by atoms with E-state index in [0.717, 1.165) is 10.7 Å². The third-order valence-electron chi connectivity index (χ3n) is 3.18. The van der Waals surface area contributed by atoms with Crippen LogP contribution < -0.4 is 5.73 Å². The summed E-state index contributed by atoms with van der Waals surface area (Å²) in [6, 6.07) is 0. The van der Waals surface area contributed by atoms with E-state index in [1.807, 2.05) is 0 Å². The van der Waals surface area contributed by atoms with Gasteiger partial charge in [0, 0.05) is 0 Å². The Morgan fingerprint density at radius 3 is 2.76 bits per heavy atom. The van der Waals surface area contributed by atoms with E-state index >= 15 is 0 Å². The van der Waals surface area contributed by atoms with E-state index in [-0.39, 0.29) is 17.2 Å². The van der Waals surface area contributed by atoms with Crippen molar-refractivity contribution in [2.45, 2.75) is 30.9 Å². The number of rotatable bonds is 2. The Hall–Kier alpha value is -2.01. The molecular weight excluding hydrogens is 298 g/mol. The topological polar surface area (TPSA) is 98.6 Å². The van der Waals surface area contributed by atoms with Crippen LogP contribution in [-0.2, 0) is 4.74 Å². The highest BCUT2D eigenvalue weighted by molar-refractivity contribution is 5.59. The fraction of sp³-hybridized carbons (Fsp3) is 0.500. The normalized spacial score (nSPS) is 29.6. The molecule has 1 aliphatic heterocycles. The SMILES string of the molecule is Nc1nc(F)nn2c(C3OC(C(F)F)C(O)C3F)cnc12. The van der Waals surface area contributed by atoms with E-state index in [2.05, 4.69) is 15.1 Å². The molecule has 4 atom stereocenters. The van der Waals surface area contributed by atoms with Crippen LogP contribution in [0.25, 0.3) is 5.65 Å². The Kier molecular flexibility index (Phi) is 3.17. The third-order valence-corrected chi connectivity index (χ3v) is 3.18. The number of nitrogens with zero attached hydrogens (tertiary/aromatic N) is 4. The van der Waals surface area contributed by atoms with Gasteiger partial charge in [-0.15, -0.1) is 5.10 Å². The highest BCUT2D eigenvalue weighted by atomic mass is 19.3. The van der Waals surface area contributed by atoms with Gasteiger partial charge in [-0.25, -0.2) is 22.7 Å². The second kappa shape index (κ2) is 4.77. The van der Waals surface area contributed by atoms with Gasteiger partial charge in [0.05, 0.1) is 11.9 Å². The molecule has 0 amide bonds. The van der Waals surface area contributed by atoms with E-state index in [9.17, 15) is 22.7 Å². The number of fused-ring (bicyclic) bond motifs is 1. The number of aliphatic hydroxyl groups is 1. The van der Waals surface area contributed by atoms with Gasteiger partial charge in [0.25, 0.3) is 6.43 Å². The molecule has 0 saturated carbocycles. The van der Waals surface area contributed by atoms with Crippen LogP contribution in [0.15, 0.2) is 6.20 Å². The number of imidazole rings is 1. The first-order valence-electron chi connectivity index (χ1n) is 5.82. The average molecular weight is 307 g/mol. The summed E-state index contributed by atoms with van der Waals surface area (Å²) < 4.78 is 58.0. The number of nitrogen functional groups attached to an aromatic ring is 1. The fourth-order valence-electron chi connectivity index (χ4n) is 2.21. The largest absolute Gasteiger partial charge is 0.387 e. The Morgan fingerprint density at radius 2 is 2.14 bits per heavy atom. The monoisotopic (exact) mass is 307 g/mol. The quantitative estimate of drug-likeness (QED) is 0.772. The molecule has 1 aliphatic rings. The Balaban J connectivity index is 2.05. The second-order valence-corrected chi connectivity index (χ2v) is 4.48. The van der Waals surface area contributed by atoms with Crippen molar-refractivity contribution in [2.24, 2.45) is 0 Å². The molecule has 0 spiro atoms. The lowest BCUT2D eigenvalue weighted by Crippen LogP contribution is -2.32. The summed E-state index contributed by atoms with van der Waals surface area (Å²) in [6.45, 7) is 0. The van der Waals surface area contributed by atoms with E-state index in [1.165, 1.54) is 0 Å². The zero-order valence-electron chi connectivity index (χ0n) is 10.2. The van der Waals surface area contributed by atoms with Crippen molar-refractivity contribution in [2.75, 3.05) is 5.73 Å². The van der Waals surface area contributed by atoms with E-state index in [4.69, 9.17) is 10.5 Å². The molecule has 0 bridgehead atoms. The summed E-state index contributed by atoms with van der Waals surface area (Å²) in [7, 11) is 0. The molecule has 0 aliphatic carbocycles. The molecule has 0 aromatic carbocycles. The van der Waals surface area contributed by atoms with Gasteiger partial charge in [-0.05, 0) is 0 Å². The first-order valence-corrected chi connectivity index (χ1v) is 5.82. The lowest BCUT2D eigenvalue weighted by molar-refractivity contribution is -0.0827. The van der Waals surface area contributed by atoms with Crippen LogP contribution in [0, 0.1) is 6.08 Å². The molecule has 4 unspecified atom stereocenters. The Bertz CT molecular complexity index is 681. The molecule has 1 fully saturated rings. The number of hydrogen-bond donors (Lipinski definition) is 2. The van der Waals surface area contributed by atoms with Crippen molar-refractivity contribution in [3.63, 3.8) is 0 Å². The number of ether oxygens (including phenoxy) is 1. The summed E-state index contributed by atoms with van der Waals surface area (Å²) in [5.74, 6) is -0.298. The Labute approximate surface area is 114 Å². The van der Waals surface area contributed by atoms with Crippen LogP contribution in [0.1, 0.15) is 11.8 Å². The number of aromatic nitrogens is 4. The lowest BCUT2D eigenvalue weighted by Gasteiger charge is -2.12. The van der Waals surface area contributed by atoms with Crippen molar-refractivity contribution in [1.29, 1.82) is 0 Å². The highest BCUT2D eigenvalue weighted by Gasteiger charge is 2.50. The van der Waals surface area contributed by atoms with Crippen molar-refractivity contribution >= 4 is 11.5 Å². The zero-order valence-corrected chi connectivity index (χ0v) is 10.2. The van der Waals surface area contributed by atoms with E-state index < -0.39 is 37.0 Å². The van der Waals surface area contributed by atoms with Crippen LogP contribution in [-0.4, -0.2) is 49.5 Å². The fourth-order valence-corrected chi connectivity index (χ4v) is 2.21. The number of hydrogen-bond acceptors (Lipinski definition) is 6. The molecule has 21 heavy (non-hydrogen) atoms. The molecule has 3 N–H and O–H groups in total. The smallest absolute Gasteiger partial charge is 0.328 e. The third kappa shape index (κ3) is 2.08. The van der Waals surface area contributed by atoms with Gasteiger partial charge < -0.3 is 15.6 Å². The summed E-state index contributed by atoms with van der Waals surface area (Å²) in [5, 5.41) is 12.8. The standard InChI is InChI=1S/C10H9F4N5O2/c11-3-4(20)6(7(12)13)21-5(3)2-1-16-9-8(15)17-10(14)18-19(2)9/h1,3-7,20H,(H2,15,17,18). The zero-order chi connectivity index (χ0) is 15.3. The molecule has 2 aromatic rings. The Morgan fingerprint density at radius 1 is 1.43 bits per heavy atom. The maximum atomic E-state index is 14.0. The van der Waals surface area contributed by atoms with Crippen molar-refractivity contribution in [3.8, 4) is 0 Å². The van der Waals surface area contributed by atoms with Gasteiger partial charge in [-0.1, -0.05) is 0 Å². The average Bonchev–Trinajstić information content (AvgIpc) is 2.93. The maximum absolute atomic E-state index is 14.0. The molecular formula is C10H9F4N5O2.